The standard InChI is InChI=1S/C21H16BrClN2O2S/c22-16-2-1-3-18(12-16)27-14-21(26)25-24-13-15-4-8-19(9-5-15)28-20-10-6-17(23)7-11-20/h1-13H,14H2,(H,25,26)/b24-13+. The minimum atomic E-state index is -0.328. The largest absolute Gasteiger partial charge is 0.484 e. The normalized spacial score (nSPS) is 10.8. The van der Waals surface area contributed by atoms with E-state index in [1.165, 1.54) is 0 Å². The smallest absolute Gasteiger partial charge is 0.277 e. The van der Waals surface area contributed by atoms with Crippen molar-refractivity contribution in [1.82, 2.24) is 5.43 Å². The zero-order valence-electron chi connectivity index (χ0n) is 14.6. The fourth-order valence-corrected chi connectivity index (χ4v) is 3.50. The van der Waals surface area contributed by atoms with E-state index in [0.717, 1.165) is 24.8 Å². The molecule has 0 heterocycles. The van der Waals surface area contributed by atoms with Crippen LogP contribution in [0.4, 0.5) is 0 Å². The van der Waals surface area contributed by atoms with Gasteiger partial charge in [-0.3, -0.25) is 4.79 Å². The van der Waals surface area contributed by atoms with Crippen LogP contribution in [0.1, 0.15) is 5.56 Å². The highest BCUT2D eigenvalue weighted by molar-refractivity contribution is 9.10. The van der Waals surface area contributed by atoms with Gasteiger partial charge in [0, 0.05) is 19.3 Å². The highest BCUT2D eigenvalue weighted by Gasteiger charge is 2.02. The number of benzene rings is 3. The second-order valence-electron chi connectivity index (χ2n) is 5.66. The number of amides is 1. The Labute approximate surface area is 181 Å². The fourth-order valence-electron chi connectivity index (χ4n) is 2.18. The summed E-state index contributed by atoms with van der Waals surface area (Å²) in [5, 5.41) is 4.68. The molecule has 3 rings (SSSR count). The lowest BCUT2D eigenvalue weighted by Crippen LogP contribution is -2.24. The monoisotopic (exact) mass is 474 g/mol. The predicted octanol–water partition coefficient (Wildman–Crippen LogP) is 5.78. The number of halogens is 2. The van der Waals surface area contributed by atoms with Crippen LogP contribution in [-0.4, -0.2) is 18.7 Å². The van der Waals surface area contributed by atoms with Crippen molar-refractivity contribution in [3.8, 4) is 5.75 Å². The molecule has 0 radical (unpaired) electrons. The van der Waals surface area contributed by atoms with Crippen LogP contribution in [0.15, 0.2) is 92.2 Å². The number of hydrogen-bond acceptors (Lipinski definition) is 4. The van der Waals surface area contributed by atoms with Crippen LogP contribution in [-0.2, 0) is 4.79 Å². The number of rotatable bonds is 7. The van der Waals surface area contributed by atoms with Crippen molar-refractivity contribution < 1.29 is 9.53 Å². The van der Waals surface area contributed by atoms with E-state index in [0.29, 0.717) is 5.75 Å². The van der Waals surface area contributed by atoms with Gasteiger partial charge >= 0.3 is 0 Å². The van der Waals surface area contributed by atoms with E-state index in [9.17, 15) is 4.79 Å². The van der Waals surface area contributed by atoms with Crippen LogP contribution >= 0.6 is 39.3 Å². The lowest BCUT2D eigenvalue weighted by molar-refractivity contribution is -0.123. The Morgan fingerprint density at radius 1 is 1.07 bits per heavy atom. The molecule has 4 nitrogen and oxygen atoms in total. The van der Waals surface area contributed by atoms with Crippen molar-refractivity contribution in [2.45, 2.75) is 9.79 Å². The average Bonchev–Trinajstić information content (AvgIpc) is 2.70. The van der Waals surface area contributed by atoms with Crippen LogP contribution in [0.5, 0.6) is 5.75 Å². The van der Waals surface area contributed by atoms with Gasteiger partial charge in [-0.2, -0.15) is 5.10 Å². The molecular weight excluding hydrogens is 460 g/mol. The van der Waals surface area contributed by atoms with Crippen LogP contribution in [0.2, 0.25) is 5.02 Å². The summed E-state index contributed by atoms with van der Waals surface area (Å²) in [5.41, 5.74) is 3.33. The first-order chi connectivity index (χ1) is 13.6. The predicted molar refractivity (Wildman–Crippen MR) is 117 cm³/mol. The average molecular weight is 476 g/mol. The molecule has 7 heteroatoms. The number of nitrogens with zero attached hydrogens (tertiary/aromatic N) is 1. The zero-order valence-corrected chi connectivity index (χ0v) is 17.8. The number of carbonyl (C=O) groups excluding carboxylic acids is 1. The van der Waals surface area contributed by atoms with Gasteiger partial charge in [-0.05, 0) is 60.2 Å². The van der Waals surface area contributed by atoms with Crippen molar-refractivity contribution in [2.24, 2.45) is 5.10 Å². The molecular formula is C21H16BrClN2O2S. The third-order valence-electron chi connectivity index (χ3n) is 3.50. The highest BCUT2D eigenvalue weighted by atomic mass is 79.9. The van der Waals surface area contributed by atoms with E-state index in [-0.39, 0.29) is 12.5 Å². The number of carbonyl (C=O) groups is 1. The summed E-state index contributed by atoms with van der Waals surface area (Å²) in [6, 6.07) is 22.9. The first kappa shape index (κ1) is 20.5. The second-order valence-corrected chi connectivity index (χ2v) is 8.16. The molecule has 0 aliphatic rings. The van der Waals surface area contributed by atoms with E-state index in [4.69, 9.17) is 16.3 Å². The van der Waals surface area contributed by atoms with E-state index in [1.807, 2.05) is 60.7 Å². The van der Waals surface area contributed by atoms with Crippen molar-refractivity contribution in [1.29, 1.82) is 0 Å². The summed E-state index contributed by atoms with van der Waals surface area (Å²) in [4.78, 5) is 14.0. The van der Waals surface area contributed by atoms with E-state index < -0.39 is 0 Å². The van der Waals surface area contributed by atoms with Gasteiger partial charge in [0.1, 0.15) is 5.75 Å². The second kappa shape index (κ2) is 10.3. The minimum Gasteiger partial charge on any atom is -0.484 e. The summed E-state index contributed by atoms with van der Waals surface area (Å²) in [5.74, 6) is 0.286. The van der Waals surface area contributed by atoms with Gasteiger partial charge < -0.3 is 4.74 Å². The minimum absolute atomic E-state index is 0.107. The van der Waals surface area contributed by atoms with E-state index in [2.05, 4.69) is 26.5 Å². The molecule has 0 fully saturated rings. The van der Waals surface area contributed by atoms with Crippen LogP contribution in [0.3, 0.4) is 0 Å². The molecule has 0 bridgehead atoms. The molecule has 0 atom stereocenters. The first-order valence-corrected chi connectivity index (χ1v) is 10.3. The Morgan fingerprint density at radius 2 is 1.75 bits per heavy atom. The molecule has 0 spiro atoms. The van der Waals surface area contributed by atoms with Crippen molar-refractivity contribution >= 4 is 51.4 Å². The van der Waals surface area contributed by atoms with Gasteiger partial charge in [0.15, 0.2) is 6.61 Å². The van der Waals surface area contributed by atoms with Crippen LogP contribution < -0.4 is 10.2 Å². The van der Waals surface area contributed by atoms with Crippen LogP contribution in [0, 0.1) is 0 Å². The zero-order chi connectivity index (χ0) is 19.8. The van der Waals surface area contributed by atoms with Gasteiger partial charge in [0.2, 0.25) is 0 Å². The van der Waals surface area contributed by atoms with Gasteiger partial charge in [-0.25, -0.2) is 5.43 Å². The maximum Gasteiger partial charge on any atom is 0.277 e. The Morgan fingerprint density at radius 3 is 2.43 bits per heavy atom. The number of nitrogens with one attached hydrogen (secondary N) is 1. The third-order valence-corrected chi connectivity index (χ3v) is 5.26. The molecule has 0 saturated heterocycles. The summed E-state index contributed by atoms with van der Waals surface area (Å²) < 4.78 is 6.29. The first-order valence-electron chi connectivity index (χ1n) is 8.32. The molecule has 1 amide bonds. The molecule has 0 aliphatic carbocycles. The summed E-state index contributed by atoms with van der Waals surface area (Å²) in [6.07, 6.45) is 1.59. The maximum absolute atomic E-state index is 11.8. The van der Waals surface area contributed by atoms with Crippen LogP contribution in [0.25, 0.3) is 0 Å². The molecule has 0 aliphatic heterocycles. The molecule has 3 aromatic rings. The number of hydrazone groups is 1. The third kappa shape index (κ3) is 6.71. The Balaban J connectivity index is 1.46. The van der Waals surface area contributed by atoms with Crippen molar-refractivity contribution in [3.05, 3.63) is 87.9 Å². The Bertz CT molecular complexity index is 963. The van der Waals surface area contributed by atoms with E-state index in [1.54, 1.807) is 30.1 Å². The Hall–Kier alpha value is -2.28. The highest BCUT2D eigenvalue weighted by Crippen LogP contribution is 2.28. The quantitative estimate of drug-likeness (QED) is 0.348. The van der Waals surface area contributed by atoms with Gasteiger partial charge in [0.25, 0.3) is 5.91 Å². The number of ether oxygens (including phenoxy) is 1. The molecule has 3 aromatic carbocycles. The van der Waals surface area contributed by atoms with Gasteiger partial charge in [-0.15, -0.1) is 0 Å². The molecule has 142 valence electrons. The van der Waals surface area contributed by atoms with Crippen molar-refractivity contribution in [2.75, 3.05) is 6.61 Å². The molecule has 1 N–H and O–H groups in total. The lowest BCUT2D eigenvalue weighted by atomic mass is 10.2. The van der Waals surface area contributed by atoms with Gasteiger partial charge in [-0.1, -0.05) is 57.5 Å². The molecule has 28 heavy (non-hydrogen) atoms. The summed E-state index contributed by atoms with van der Waals surface area (Å²) in [7, 11) is 0. The van der Waals surface area contributed by atoms with E-state index >= 15 is 0 Å². The molecule has 0 unspecified atom stereocenters. The topological polar surface area (TPSA) is 50.7 Å². The fraction of sp³-hybridized carbons (Fsp3) is 0.0476. The SMILES string of the molecule is O=C(COc1cccc(Br)c1)N/N=C/c1ccc(Sc2ccc(Cl)cc2)cc1. The van der Waals surface area contributed by atoms with Gasteiger partial charge in [0.05, 0.1) is 6.21 Å². The lowest BCUT2D eigenvalue weighted by Gasteiger charge is -2.05. The Kier molecular flexibility index (Phi) is 7.54. The summed E-state index contributed by atoms with van der Waals surface area (Å²) >= 11 is 10.9. The summed E-state index contributed by atoms with van der Waals surface area (Å²) in [6.45, 7) is -0.107. The molecule has 0 aromatic heterocycles. The number of hydrogen-bond donors (Lipinski definition) is 1. The maximum atomic E-state index is 11.8. The van der Waals surface area contributed by atoms with Crippen molar-refractivity contribution in [3.63, 3.8) is 0 Å². The molecule has 0 saturated carbocycles.